The van der Waals surface area contributed by atoms with Crippen molar-refractivity contribution in [2.45, 2.75) is 0 Å². The number of furan rings is 1. The van der Waals surface area contributed by atoms with Crippen LogP contribution in [0.3, 0.4) is 0 Å². The van der Waals surface area contributed by atoms with Gasteiger partial charge in [-0.15, -0.1) is 0 Å². The summed E-state index contributed by atoms with van der Waals surface area (Å²) in [6.45, 7) is 4.31. The Morgan fingerprint density at radius 2 is 1.31 bits per heavy atom. The number of benzene rings is 5. The van der Waals surface area contributed by atoms with Gasteiger partial charge in [-0.2, -0.15) is 0 Å². The second-order valence-electron chi connectivity index (χ2n) is 9.54. The predicted molar refractivity (Wildman–Crippen MR) is 164 cm³/mol. The molecule has 2 N–H and O–H groups in total. The van der Waals surface area contributed by atoms with Gasteiger partial charge in [0.25, 0.3) is 0 Å². The van der Waals surface area contributed by atoms with Crippen LogP contribution in [0.4, 0.5) is 0 Å². The number of aromatic nitrogens is 1. The summed E-state index contributed by atoms with van der Waals surface area (Å²) in [4.78, 5) is 5.00. The number of rotatable bonds is 4. The van der Waals surface area contributed by atoms with E-state index >= 15 is 0 Å². The molecule has 0 fully saturated rings. The Morgan fingerprint density at radius 3 is 2.08 bits per heavy atom. The van der Waals surface area contributed by atoms with E-state index in [4.69, 9.17) is 15.1 Å². The van der Waals surface area contributed by atoms with Gasteiger partial charge in [0.2, 0.25) is 5.96 Å². The van der Waals surface area contributed by atoms with Crippen molar-refractivity contribution in [1.29, 1.82) is 0 Å². The van der Waals surface area contributed by atoms with Gasteiger partial charge in [0.05, 0.1) is 22.1 Å². The molecular formula is C35H25N3O. The van der Waals surface area contributed by atoms with Crippen LogP contribution in [0.1, 0.15) is 11.1 Å². The lowest BCUT2D eigenvalue weighted by atomic mass is 10.0. The van der Waals surface area contributed by atoms with Crippen LogP contribution < -0.4 is 5.73 Å². The smallest absolute Gasteiger partial charge is 0.205 e. The summed E-state index contributed by atoms with van der Waals surface area (Å²) in [5.74, 6) is 0.368. The number of hydrogen-bond acceptors (Lipinski definition) is 2. The number of hydrogen-bond donors (Lipinski definition) is 1. The highest BCUT2D eigenvalue weighted by atomic mass is 16.3. The molecule has 0 atom stereocenters. The topological polar surface area (TPSA) is 56.4 Å². The van der Waals surface area contributed by atoms with E-state index in [9.17, 15) is 0 Å². The fraction of sp³-hybridized carbons (Fsp3) is 0. The van der Waals surface area contributed by atoms with Crippen LogP contribution in [-0.4, -0.2) is 10.5 Å². The third-order valence-electron chi connectivity index (χ3n) is 7.17. The average Bonchev–Trinajstić information content (AvgIpc) is 3.53. The van der Waals surface area contributed by atoms with Crippen molar-refractivity contribution >= 4 is 61.0 Å². The van der Waals surface area contributed by atoms with Crippen molar-refractivity contribution in [3.8, 4) is 0 Å². The molecule has 39 heavy (non-hydrogen) atoms. The molecule has 0 saturated carbocycles. The lowest BCUT2D eigenvalue weighted by Crippen LogP contribution is -2.22. The molecule has 7 rings (SSSR count). The van der Waals surface area contributed by atoms with E-state index in [0.29, 0.717) is 5.96 Å². The zero-order valence-corrected chi connectivity index (χ0v) is 21.2. The molecule has 4 nitrogen and oxygen atoms in total. The molecule has 0 aliphatic heterocycles. The van der Waals surface area contributed by atoms with Crippen molar-refractivity contribution in [3.63, 3.8) is 0 Å². The number of allylic oxidation sites excluding steroid dienone is 2. The van der Waals surface area contributed by atoms with Gasteiger partial charge in [0.15, 0.2) is 0 Å². The Bertz CT molecular complexity index is 2080. The number of nitrogens with zero attached hydrogens (tertiary/aromatic N) is 2. The Hall–Kier alpha value is -5.35. The Balaban J connectivity index is 1.47. The van der Waals surface area contributed by atoms with Crippen LogP contribution >= 0.6 is 0 Å². The summed E-state index contributed by atoms with van der Waals surface area (Å²) in [5, 5.41) is 4.27. The van der Waals surface area contributed by atoms with Crippen molar-refractivity contribution in [1.82, 2.24) is 4.57 Å². The van der Waals surface area contributed by atoms with Gasteiger partial charge < -0.3 is 10.2 Å². The van der Waals surface area contributed by atoms with Crippen LogP contribution in [-0.2, 0) is 0 Å². The summed E-state index contributed by atoms with van der Waals surface area (Å²) >= 11 is 0. The van der Waals surface area contributed by atoms with Crippen LogP contribution in [0.2, 0.25) is 0 Å². The molecule has 0 radical (unpaired) electrons. The van der Waals surface area contributed by atoms with E-state index in [1.165, 1.54) is 0 Å². The minimum atomic E-state index is 0.368. The fourth-order valence-electron chi connectivity index (χ4n) is 5.34. The highest BCUT2D eigenvalue weighted by molar-refractivity contribution is 6.25. The first kappa shape index (κ1) is 22.8. The molecule has 4 heteroatoms. The van der Waals surface area contributed by atoms with Crippen LogP contribution in [0.5, 0.6) is 0 Å². The first-order valence-corrected chi connectivity index (χ1v) is 12.9. The standard InChI is InChI=1S/C35H25N3O/c1-23(24-12-4-2-5-13-24)22-29(25-14-6-3-7-15-25)37-35(36)38-30-18-10-8-17-28(30)33-31(38)21-20-27-26-16-9-11-19-32(26)39-34(27)33/h2-22H,1H2,(H2,36,37)/b29-22-. The highest BCUT2D eigenvalue weighted by Crippen LogP contribution is 2.39. The number of fused-ring (bicyclic) bond motifs is 7. The molecule has 2 aromatic heterocycles. The van der Waals surface area contributed by atoms with Gasteiger partial charge >= 0.3 is 0 Å². The quantitative estimate of drug-likeness (QED) is 0.148. The normalized spacial score (nSPS) is 12.6. The van der Waals surface area contributed by atoms with E-state index in [0.717, 1.165) is 66.1 Å². The van der Waals surface area contributed by atoms with Crippen molar-refractivity contribution in [2.75, 3.05) is 0 Å². The maximum atomic E-state index is 6.86. The number of para-hydroxylation sites is 2. The van der Waals surface area contributed by atoms with E-state index in [1.54, 1.807) is 0 Å². The van der Waals surface area contributed by atoms with Crippen LogP contribution in [0.15, 0.2) is 143 Å². The zero-order chi connectivity index (χ0) is 26.3. The molecule has 0 aliphatic rings. The fourth-order valence-corrected chi connectivity index (χ4v) is 5.34. The molecule has 7 aromatic rings. The lowest BCUT2D eigenvalue weighted by Gasteiger charge is -2.10. The van der Waals surface area contributed by atoms with Gasteiger partial charge in [-0.05, 0) is 41.5 Å². The van der Waals surface area contributed by atoms with E-state index in [-0.39, 0.29) is 0 Å². The molecule has 186 valence electrons. The maximum absolute atomic E-state index is 6.86. The second-order valence-corrected chi connectivity index (χ2v) is 9.54. The third kappa shape index (κ3) is 3.82. The van der Waals surface area contributed by atoms with Crippen molar-refractivity contribution in [3.05, 3.63) is 145 Å². The predicted octanol–water partition coefficient (Wildman–Crippen LogP) is 8.61. The second kappa shape index (κ2) is 9.19. The van der Waals surface area contributed by atoms with Gasteiger partial charge in [-0.25, -0.2) is 4.99 Å². The van der Waals surface area contributed by atoms with Gasteiger partial charge in [0, 0.05) is 21.7 Å². The van der Waals surface area contributed by atoms with E-state index in [1.807, 2.05) is 102 Å². The first-order valence-electron chi connectivity index (χ1n) is 12.9. The third-order valence-corrected chi connectivity index (χ3v) is 7.17. The summed E-state index contributed by atoms with van der Waals surface area (Å²) in [7, 11) is 0. The summed E-state index contributed by atoms with van der Waals surface area (Å²) in [6, 6.07) is 40.7. The van der Waals surface area contributed by atoms with E-state index < -0.39 is 0 Å². The molecule has 0 bridgehead atoms. The number of aliphatic imine (C=N–C) groups is 1. The van der Waals surface area contributed by atoms with E-state index in [2.05, 4.69) is 36.9 Å². The summed E-state index contributed by atoms with van der Waals surface area (Å²) in [5.41, 5.74) is 14.1. The molecule has 0 amide bonds. The van der Waals surface area contributed by atoms with Gasteiger partial charge in [-0.3, -0.25) is 4.57 Å². The number of nitrogens with two attached hydrogens (primary N) is 1. The highest BCUT2D eigenvalue weighted by Gasteiger charge is 2.19. The zero-order valence-electron chi connectivity index (χ0n) is 21.2. The van der Waals surface area contributed by atoms with Gasteiger partial charge in [0.1, 0.15) is 11.2 Å². The van der Waals surface area contributed by atoms with Crippen molar-refractivity contribution < 1.29 is 4.42 Å². The minimum absolute atomic E-state index is 0.368. The Kier molecular flexibility index (Phi) is 5.38. The van der Waals surface area contributed by atoms with Crippen LogP contribution in [0, 0.1) is 0 Å². The first-order chi connectivity index (χ1) is 19.2. The Labute approximate surface area is 225 Å². The summed E-state index contributed by atoms with van der Waals surface area (Å²) < 4.78 is 8.42. The monoisotopic (exact) mass is 503 g/mol. The minimum Gasteiger partial charge on any atom is -0.455 e. The maximum Gasteiger partial charge on any atom is 0.205 e. The molecule has 0 aliphatic carbocycles. The van der Waals surface area contributed by atoms with Crippen molar-refractivity contribution in [2.24, 2.45) is 10.7 Å². The molecular weight excluding hydrogens is 478 g/mol. The average molecular weight is 504 g/mol. The van der Waals surface area contributed by atoms with Gasteiger partial charge in [-0.1, -0.05) is 104 Å². The molecule has 0 unspecified atom stereocenters. The SMILES string of the molecule is C=C(/C=C(\N=C(N)n1c2ccccc2c2c3oc4ccccc4c3ccc21)c1ccccc1)c1ccccc1. The molecule has 0 spiro atoms. The van der Waals surface area contributed by atoms with Crippen LogP contribution in [0.25, 0.3) is 55.0 Å². The Morgan fingerprint density at radius 1 is 0.667 bits per heavy atom. The molecule has 0 saturated heterocycles. The lowest BCUT2D eigenvalue weighted by molar-refractivity contribution is 0.673. The molecule has 2 heterocycles. The largest absolute Gasteiger partial charge is 0.455 e. The summed E-state index contributed by atoms with van der Waals surface area (Å²) in [6.07, 6.45) is 1.99. The molecule has 5 aromatic carbocycles.